The number of amides is 1. The predicted molar refractivity (Wildman–Crippen MR) is 77.3 cm³/mol. The molecule has 0 bridgehead atoms. The summed E-state index contributed by atoms with van der Waals surface area (Å²) < 4.78 is 0. The molecule has 2 heterocycles. The van der Waals surface area contributed by atoms with Crippen LogP contribution in [-0.4, -0.2) is 40.3 Å². The first-order valence-corrected chi connectivity index (χ1v) is 7.05. The van der Waals surface area contributed by atoms with E-state index in [4.69, 9.17) is 5.11 Å². The average molecular weight is 278 g/mol. The van der Waals surface area contributed by atoms with E-state index in [1.54, 1.807) is 0 Å². The largest absolute Gasteiger partial charge is 0.465 e. The molecule has 20 heavy (non-hydrogen) atoms. The zero-order chi connectivity index (χ0) is 14.7. The number of anilines is 1. The van der Waals surface area contributed by atoms with E-state index < -0.39 is 6.09 Å². The van der Waals surface area contributed by atoms with Crippen LogP contribution in [0.2, 0.25) is 0 Å². The fraction of sp³-hybridized carbons (Fsp3) is 0.643. The normalized spacial score (nSPS) is 16.5. The monoisotopic (exact) mass is 278 g/mol. The number of hydrogen-bond donors (Lipinski definition) is 2. The number of carbonyl (C=O) groups is 1. The summed E-state index contributed by atoms with van der Waals surface area (Å²) in [4.78, 5) is 21.9. The molecule has 0 aromatic carbocycles. The van der Waals surface area contributed by atoms with Gasteiger partial charge in [-0.15, -0.1) is 0 Å². The number of nitrogens with one attached hydrogen (secondary N) is 1. The molecule has 1 saturated heterocycles. The molecule has 1 aliphatic rings. The van der Waals surface area contributed by atoms with Gasteiger partial charge in [0.2, 0.25) is 0 Å². The van der Waals surface area contributed by atoms with Gasteiger partial charge in [-0.1, -0.05) is 13.8 Å². The van der Waals surface area contributed by atoms with Gasteiger partial charge in [0.05, 0.1) is 0 Å². The molecule has 6 nitrogen and oxygen atoms in total. The molecule has 1 aliphatic heterocycles. The lowest BCUT2D eigenvalue weighted by Crippen LogP contribution is -2.44. The molecule has 0 atom stereocenters. The van der Waals surface area contributed by atoms with E-state index in [-0.39, 0.29) is 6.04 Å². The SMILES string of the molecule is Cc1cc(N2CCC(NC(=O)O)CC2)nc(C(C)C)n1. The van der Waals surface area contributed by atoms with Gasteiger partial charge >= 0.3 is 6.09 Å². The lowest BCUT2D eigenvalue weighted by molar-refractivity contribution is 0.187. The van der Waals surface area contributed by atoms with Crippen molar-refractivity contribution in [3.8, 4) is 0 Å². The van der Waals surface area contributed by atoms with Crippen LogP contribution in [0.15, 0.2) is 6.07 Å². The minimum absolute atomic E-state index is 0.0521. The topological polar surface area (TPSA) is 78.4 Å². The van der Waals surface area contributed by atoms with Crippen molar-refractivity contribution in [2.45, 2.75) is 45.6 Å². The van der Waals surface area contributed by atoms with Crippen molar-refractivity contribution in [2.75, 3.05) is 18.0 Å². The standard InChI is InChI=1S/C14H22N4O2/c1-9(2)13-15-10(3)8-12(17-13)18-6-4-11(5-7-18)16-14(19)20/h8-9,11,16H,4-7H2,1-3H3,(H,19,20). The Balaban J connectivity index is 2.05. The van der Waals surface area contributed by atoms with Crippen molar-refractivity contribution < 1.29 is 9.90 Å². The van der Waals surface area contributed by atoms with Crippen LogP contribution < -0.4 is 10.2 Å². The van der Waals surface area contributed by atoms with Gasteiger partial charge in [-0.05, 0) is 19.8 Å². The van der Waals surface area contributed by atoms with Gasteiger partial charge in [-0.25, -0.2) is 14.8 Å². The Labute approximate surface area is 119 Å². The van der Waals surface area contributed by atoms with E-state index in [0.717, 1.165) is 43.3 Å². The van der Waals surface area contributed by atoms with Crippen LogP contribution in [0.1, 0.15) is 44.1 Å². The summed E-state index contributed by atoms with van der Waals surface area (Å²) in [5, 5.41) is 11.3. The summed E-state index contributed by atoms with van der Waals surface area (Å²) >= 11 is 0. The Morgan fingerprint density at radius 2 is 2.05 bits per heavy atom. The maximum atomic E-state index is 10.6. The highest BCUT2D eigenvalue weighted by Crippen LogP contribution is 2.21. The average Bonchev–Trinajstić information content (AvgIpc) is 2.38. The van der Waals surface area contributed by atoms with E-state index in [2.05, 4.69) is 34.0 Å². The van der Waals surface area contributed by atoms with Crippen LogP contribution in [0.4, 0.5) is 10.6 Å². The molecule has 0 spiro atoms. The van der Waals surface area contributed by atoms with Crippen LogP contribution in [0.5, 0.6) is 0 Å². The minimum Gasteiger partial charge on any atom is -0.465 e. The van der Waals surface area contributed by atoms with Gasteiger partial charge in [0.25, 0.3) is 0 Å². The van der Waals surface area contributed by atoms with Crippen molar-refractivity contribution in [3.05, 3.63) is 17.6 Å². The lowest BCUT2D eigenvalue weighted by Gasteiger charge is -2.33. The molecule has 0 unspecified atom stereocenters. The highest BCUT2D eigenvalue weighted by atomic mass is 16.4. The summed E-state index contributed by atoms with van der Waals surface area (Å²) in [5.74, 6) is 2.13. The van der Waals surface area contributed by atoms with E-state index in [0.29, 0.717) is 5.92 Å². The first-order valence-electron chi connectivity index (χ1n) is 7.05. The predicted octanol–water partition coefficient (Wildman–Crippen LogP) is 2.14. The number of carboxylic acid groups (broad SMARTS) is 1. The van der Waals surface area contributed by atoms with Crippen molar-refractivity contribution >= 4 is 11.9 Å². The number of nitrogens with zero attached hydrogens (tertiary/aromatic N) is 3. The molecule has 0 saturated carbocycles. The maximum Gasteiger partial charge on any atom is 0.404 e. The van der Waals surface area contributed by atoms with E-state index in [1.807, 2.05) is 13.0 Å². The second kappa shape index (κ2) is 6.07. The molecule has 0 radical (unpaired) electrons. The molecule has 1 aromatic heterocycles. The van der Waals surface area contributed by atoms with Gasteiger partial charge in [0.1, 0.15) is 11.6 Å². The molecule has 1 aromatic rings. The quantitative estimate of drug-likeness (QED) is 0.885. The Morgan fingerprint density at radius 1 is 1.40 bits per heavy atom. The summed E-state index contributed by atoms with van der Waals surface area (Å²) in [6, 6.07) is 2.05. The van der Waals surface area contributed by atoms with Crippen LogP contribution in [0.25, 0.3) is 0 Å². The Hall–Kier alpha value is -1.85. The third kappa shape index (κ3) is 3.59. The summed E-state index contributed by atoms with van der Waals surface area (Å²) in [5.41, 5.74) is 0.976. The number of piperidine rings is 1. The number of rotatable bonds is 3. The van der Waals surface area contributed by atoms with Crippen molar-refractivity contribution in [1.29, 1.82) is 0 Å². The molecular weight excluding hydrogens is 256 g/mol. The number of aromatic nitrogens is 2. The number of hydrogen-bond acceptors (Lipinski definition) is 4. The first kappa shape index (κ1) is 14.6. The van der Waals surface area contributed by atoms with Gasteiger partial charge < -0.3 is 15.3 Å². The zero-order valence-corrected chi connectivity index (χ0v) is 12.3. The van der Waals surface area contributed by atoms with Crippen molar-refractivity contribution in [1.82, 2.24) is 15.3 Å². The van der Waals surface area contributed by atoms with Gasteiger partial charge in [-0.2, -0.15) is 0 Å². The highest BCUT2D eigenvalue weighted by molar-refractivity contribution is 5.64. The lowest BCUT2D eigenvalue weighted by atomic mass is 10.1. The van der Waals surface area contributed by atoms with Crippen LogP contribution in [0, 0.1) is 6.92 Å². The van der Waals surface area contributed by atoms with Gasteiger partial charge in [0, 0.05) is 36.8 Å². The Bertz CT molecular complexity index is 482. The summed E-state index contributed by atoms with van der Waals surface area (Å²) in [6.45, 7) is 7.79. The summed E-state index contributed by atoms with van der Waals surface area (Å²) in [6.07, 6.45) is 0.682. The van der Waals surface area contributed by atoms with E-state index in [1.165, 1.54) is 0 Å². The van der Waals surface area contributed by atoms with Crippen molar-refractivity contribution in [3.63, 3.8) is 0 Å². The second-order valence-corrected chi connectivity index (χ2v) is 5.59. The van der Waals surface area contributed by atoms with Crippen LogP contribution in [0.3, 0.4) is 0 Å². The molecule has 1 amide bonds. The highest BCUT2D eigenvalue weighted by Gasteiger charge is 2.22. The number of aryl methyl sites for hydroxylation is 1. The molecule has 110 valence electrons. The van der Waals surface area contributed by atoms with Crippen LogP contribution in [-0.2, 0) is 0 Å². The fourth-order valence-corrected chi connectivity index (χ4v) is 2.42. The van der Waals surface area contributed by atoms with Crippen molar-refractivity contribution in [2.24, 2.45) is 0 Å². The molecule has 2 rings (SSSR count). The zero-order valence-electron chi connectivity index (χ0n) is 12.3. The molecule has 1 fully saturated rings. The molecular formula is C14H22N4O2. The van der Waals surface area contributed by atoms with Gasteiger partial charge in [0.15, 0.2) is 0 Å². The summed E-state index contributed by atoms with van der Waals surface area (Å²) in [7, 11) is 0. The third-order valence-corrected chi connectivity index (χ3v) is 3.52. The molecule has 0 aliphatic carbocycles. The second-order valence-electron chi connectivity index (χ2n) is 5.59. The minimum atomic E-state index is -0.941. The maximum absolute atomic E-state index is 10.6. The smallest absolute Gasteiger partial charge is 0.404 e. The Kier molecular flexibility index (Phi) is 4.42. The van der Waals surface area contributed by atoms with Gasteiger partial charge in [-0.3, -0.25) is 0 Å². The first-order chi connectivity index (χ1) is 9.45. The van der Waals surface area contributed by atoms with E-state index >= 15 is 0 Å². The molecule has 2 N–H and O–H groups in total. The van der Waals surface area contributed by atoms with E-state index in [9.17, 15) is 4.79 Å². The molecule has 6 heteroatoms. The fourth-order valence-electron chi connectivity index (χ4n) is 2.42. The van der Waals surface area contributed by atoms with Crippen LogP contribution >= 0.6 is 0 Å². The third-order valence-electron chi connectivity index (χ3n) is 3.52. The Morgan fingerprint density at radius 3 is 2.60 bits per heavy atom.